The van der Waals surface area contributed by atoms with Gasteiger partial charge in [0.25, 0.3) is 0 Å². The van der Waals surface area contributed by atoms with E-state index in [0.717, 1.165) is 38.5 Å². The fourth-order valence-corrected chi connectivity index (χ4v) is 5.97. The van der Waals surface area contributed by atoms with E-state index in [4.69, 9.17) is 18.5 Å². The number of phosphoric ester groups is 1. The molecule has 0 saturated carbocycles. The Labute approximate surface area is 270 Å². The third-order valence-corrected chi connectivity index (χ3v) is 8.97. The van der Waals surface area contributed by atoms with Gasteiger partial charge in [-0.3, -0.25) is 18.6 Å². The summed E-state index contributed by atoms with van der Waals surface area (Å²) in [6.07, 6.45) is 28.6. The average Bonchev–Trinajstić information content (AvgIpc) is 2.99. The van der Waals surface area contributed by atoms with Gasteiger partial charge in [-0.1, -0.05) is 155 Å². The zero-order valence-electron chi connectivity index (χ0n) is 28.8. The van der Waals surface area contributed by atoms with Crippen LogP contribution in [0.3, 0.4) is 0 Å². The first-order valence-electron chi connectivity index (χ1n) is 18.3. The van der Waals surface area contributed by atoms with Gasteiger partial charge in [0.1, 0.15) is 6.61 Å². The summed E-state index contributed by atoms with van der Waals surface area (Å²) in [4.78, 5) is 34.5. The fraction of sp³-hybridized carbons (Fsp3) is 0.943. The van der Waals surface area contributed by atoms with Crippen molar-refractivity contribution in [2.45, 2.75) is 194 Å². The van der Waals surface area contributed by atoms with E-state index in [-0.39, 0.29) is 32.2 Å². The number of esters is 2. The van der Waals surface area contributed by atoms with Crippen LogP contribution < -0.4 is 0 Å². The summed E-state index contributed by atoms with van der Waals surface area (Å²) in [6.45, 7) is 5.47. The SMILES string of the molecule is CCCCCCCCCCCCCCCC(=O)OC(COC(=O)CCCCCCCCCCCCC)COP(=O)(O)OCC. The summed E-state index contributed by atoms with van der Waals surface area (Å²) in [6, 6.07) is 0. The molecule has 0 aromatic heterocycles. The maximum atomic E-state index is 12.5. The normalized spacial score (nSPS) is 13.5. The van der Waals surface area contributed by atoms with E-state index < -0.39 is 19.9 Å². The Bertz CT molecular complexity index is 702. The van der Waals surface area contributed by atoms with Gasteiger partial charge in [0.15, 0.2) is 6.10 Å². The van der Waals surface area contributed by atoms with Crippen LogP contribution in [0.15, 0.2) is 0 Å². The molecule has 2 unspecified atom stereocenters. The molecule has 262 valence electrons. The molecular weight excluding hydrogens is 579 g/mol. The fourth-order valence-electron chi connectivity index (χ4n) is 5.22. The average molecular weight is 649 g/mol. The third-order valence-electron chi connectivity index (χ3n) is 7.91. The van der Waals surface area contributed by atoms with Crippen LogP contribution in [-0.4, -0.2) is 42.8 Å². The molecule has 0 rings (SSSR count). The predicted octanol–water partition coefficient (Wildman–Crippen LogP) is 10.8. The number of unbranched alkanes of at least 4 members (excludes halogenated alkanes) is 22. The van der Waals surface area contributed by atoms with E-state index in [1.54, 1.807) is 6.92 Å². The molecule has 0 aliphatic heterocycles. The number of phosphoric acid groups is 1. The van der Waals surface area contributed by atoms with Crippen LogP contribution in [0.5, 0.6) is 0 Å². The standard InChI is InChI=1S/C35H69O8P/c1-4-7-9-11-13-15-17-18-20-22-24-26-28-30-35(37)43-33(32-42-44(38,39)41-6-3)31-40-34(36)29-27-25-23-21-19-16-14-12-10-8-5-2/h33H,4-32H2,1-3H3,(H,38,39). The molecule has 1 N–H and O–H groups in total. The van der Waals surface area contributed by atoms with Crippen molar-refractivity contribution in [3.8, 4) is 0 Å². The zero-order valence-corrected chi connectivity index (χ0v) is 29.7. The van der Waals surface area contributed by atoms with Crippen molar-refractivity contribution >= 4 is 19.8 Å². The largest absolute Gasteiger partial charge is 0.472 e. The quantitative estimate of drug-likeness (QED) is 0.0417. The minimum Gasteiger partial charge on any atom is -0.462 e. The van der Waals surface area contributed by atoms with E-state index in [1.807, 2.05) is 0 Å². The number of hydrogen-bond acceptors (Lipinski definition) is 7. The van der Waals surface area contributed by atoms with Crippen LogP contribution >= 0.6 is 7.82 Å². The zero-order chi connectivity index (χ0) is 32.6. The molecule has 0 spiro atoms. The molecule has 2 atom stereocenters. The molecule has 0 aliphatic carbocycles. The highest BCUT2D eigenvalue weighted by Gasteiger charge is 2.25. The molecule has 8 nitrogen and oxygen atoms in total. The van der Waals surface area contributed by atoms with Crippen LogP contribution in [0.1, 0.15) is 188 Å². The predicted molar refractivity (Wildman–Crippen MR) is 180 cm³/mol. The molecule has 0 amide bonds. The molecule has 44 heavy (non-hydrogen) atoms. The van der Waals surface area contributed by atoms with E-state index in [9.17, 15) is 19.0 Å². The first-order chi connectivity index (χ1) is 21.3. The van der Waals surface area contributed by atoms with Crippen LogP contribution in [-0.2, 0) is 32.7 Å². The number of carbonyl (C=O) groups excluding carboxylic acids is 2. The Morgan fingerprint density at radius 1 is 0.523 bits per heavy atom. The smallest absolute Gasteiger partial charge is 0.462 e. The van der Waals surface area contributed by atoms with Gasteiger partial charge in [-0.15, -0.1) is 0 Å². The van der Waals surface area contributed by atoms with Crippen molar-refractivity contribution in [1.82, 2.24) is 0 Å². The summed E-state index contributed by atoms with van der Waals surface area (Å²) in [5.41, 5.74) is 0. The third kappa shape index (κ3) is 31.0. The van der Waals surface area contributed by atoms with Crippen molar-refractivity contribution < 1.29 is 37.6 Å². The monoisotopic (exact) mass is 648 g/mol. The lowest BCUT2D eigenvalue weighted by Gasteiger charge is -2.19. The molecule has 0 fully saturated rings. The van der Waals surface area contributed by atoms with Crippen LogP contribution in [0.25, 0.3) is 0 Å². The maximum absolute atomic E-state index is 12.5. The first kappa shape index (κ1) is 43.0. The van der Waals surface area contributed by atoms with Crippen molar-refractivity contribution in [3.63, 3.8) is 0 Å². The van der Waals surface area contributed by atoms with Crippen LogP contribution in [0, 0.1) is 0 Å². The molecule has 0 heterocycles. The van der Waals surface area contributed by atoms with E-state index in [2.05, 4.69) is 13.8 Å². The lowest BCUT2D eigenvalue weighted by atomic mass is 10.0. The van der Waals surface area contributed by atoms with E-state index >= 15 is 0 Å². The lowest BCUT2D eigenvalue weighted by molar-refractivity contribution is -0.161. The van der Waals surface area contributed by atoms with E-state index in [1.165, 1.54) is 116 Å². The second-order valence-electron chi connectivity index (χ2n) is 12.3. The number of hydrogen-bond donors (Lipinski definition) is 1. The second kappa shape index (κ2) is 32.0. The van der Waals surface area contributed by atoms with Gasteiger partial charge < -0.3 is 14.4 Å². The molecule has 0 aromatic carbocycles. The molecule has 9 heteroatoms. The second-order valence-corrected chi connectivity index (χ2v) is 13.7. The molecule has 0 aromatic rings. The van der Waals surface area contributed by atoms with Crippen LogP contribution in [0.4, 0.5) is 0 Å². The number of carbonyl (C=O) groups is 2. The molecule has 0 radical (unpaired) electrons. The summed E-state index contributed by atoms with van der Waals surface area (Å²) in [5, 5.41) is 0. The minimum absolute atomic E-state index is 0.00518. The maximum Gasteiger partial charge on any atom is 0.472 e. The number of ether oxygens (including phenoxy) is 2. The Kier molecular flexibility index (Phi) is 31.3. The van der Waals surface area contributed by atoms with Gasteiger partial charge in [-0.25, -0.2) is 4.57 Å². The summed E-state index contributed by atoms with van der Waals surface area (Å²) < 4.78 is 32.4. The lowest BCUT2D eigenvalue weighted by Crippen LogP contribution is -2.29. The Morgan fingerprint density at radius 2 is 0.886 bits per heavy atom. The minimum atomic E-state index is -4.26. The van der Waals surface area contributed by atoms with Gasteiger partial charge in [0.2, 0.25) is 0 Å². The Hall–Kier alpha value is -0.950. The molecule has 0 saturated heterocycles. The highest BCUT2D eigenvalue weighted by molar-refractivity contribution is 7.47. The number of rotatable bonds is 34. The Balaban J connectivity index is 4.14. The summed E-state index contributed by atoms with van der Waals surface area (Å²) in [5.74, 6) is -0.789. The summed E-state index contributed by atoms with van der Waals surface area (Å²) in [7, 11) is -4.26. The highest BCUT2D eigenvalue weighted by Crippen LogP contribution is 2.43. The molecule has 0 aliphatic rings. The van der Waals surface area contributed by atoms with Gasteiger partial charge in [0.05, 0.1) is 13.2 Å². The highest BCUT2D eigenvalue weighted by atomic mass is 31.2. The van der Waals surface area contributed by atoms with Gasteiger partial charge in [0, 0.05) is 12.8 Å². The van der Waals surface area contributed by atoms with Crippen molar-refractivity contribution in [1.29, 1.82) is 0 Å². The first-order valence-corrected chi connectivity index (χ1v) is 19.8. The van der Waals surface area contributed by atoms with Gasteiger partial charge in [-0.2, -0.15) is 0 Å². The van der Waals surface area contributed by atoms with Crippen LogP contribution in [0.2, 0.25) is 0 Å². The van der Waals surface area contributed by atoms with Gasteiger partial charge in [-0.05, 0) is 19.8 Å². The Morgan fingerprint density at radius 3 is 1.27 bits per heavy atom. The topological polar surface area (TPSA) is 108 Å². The van der Waals surface area contributed by atoms with Crippen molar-refractivity contribution in [2.75, 3.05) is 19.8 Å². The van der Waals surface area contributed by atoms with E-state index in [0.29, 0.717) is 6.42 Å². The van der Waals surface area contributed by atoms with Crippen molar-refractivity contribution in [3.05, 3.63) is 0 Å². The molecular formula is C35H69O8P. The summed E-state index contributed by atoms with van der Waals surface area (Å²) >= 11 is 0. The van der Waals surface area contributed by atoms with Crippen molar-refractivity contribution in [2.24, 2.45) is 0 Å². The molecule has 0 bridgehead atoms. The van der Waals surface area contributed by atoms with Gasteiger partial charge >= 0.3 is 19.8 Å².